The Morgan fingerprint density at radius 2 is 2.03 bits per heavy atom. The summed E-state index contributed by atoms with van der Waals surface area (Å²) in [4.78, 5) is 18.9. The molecule has 1 aromatic carbocycles. The lowest BCUT2D eigenvalue weighted by atomic mass is 10.1. The Balaban J connectivity index is 1.62. The Morgan fingerprint density at radius 1 is 1.15 bits per heavy atom. The number of aliphatic hydroxyl groups is 2. The minimum absolute atomic E-state index is 0.118. The summed E-state index contributed by atoms with van der Waals surface area (Å²) >= 11 is 0. The van der Waals surface area contributed by atoms with Gasteiger partial charge in [0.25, 0.3) is 0 Å². The Labute approximate surface area is 192 Å². The van der Waals surface area contributed by atoms with Crippen LogP contribution in [0.2, 0.25) is 0 Å². The molecule has 4 heterocycles. The van der Waals surface area contributed by atoms with Crippen molar-refractivity contribution < 1.29 is 19.7 Å². The minimum Gasteiger partial charge on any atom is -0.496 e. The van der Waals surface area contributed by atoms with Crippen molar-refractivity contribution in [2.24, 2.45) is 0 Å². The van der Waals surface area contributed by atoms with Crippen molar-refractivity contribution in [3.63, 3.8) is 0 Å². The number of hydrogen-bond acceptors (Lipinski definition) is 9. The third-order valence-corrected chi connectivity index (χ3v) is 6.36. The van der Waals surface area contributed by atoms with Crippen LogP contribution in [0.15, 0.2) is 30.3 Å². The topological polar surface area (TPSA) is 104 Å². The van der Waals surface area contributed by atoms with Crippen molar-refractivity contribution in [2.45, 2.75) is 32.1 Å². The zero-order valence-electron chi connectivity index (χ0n) is 18.9. The number of aliphatic hydroxyl groups excluding tert-OH is 2. The zero-order valence-corrected chi connectivity index (χ0v) is 18.9. The molecule has 2 atom stereocenters. The molecule has 2 aromatic heterocycles. The first-order chi connectivity index (χ1) is 16.1. The molecule has 0 radical (unpaired) electrons. The first kappa shape index (κ1) is 21.8. The van der Waals surface area contributed by atoms with Gasteiger partial charge < -0.3 is 29.5 Å². The average molecular weight is 452 g/mol. The maximum atomic E-state index is 10.0. The normalized spacial score (nSPS) is 21.1. The molecule has 2 saturated heterocycles. The van der Waals surface area contributed by atoms with E-state index in [0.29, 0.717) is 55.6 Å². The highest BCUT2D eigenvalue weighted by Crippen LogP contribution is 2.32. The van der Waals surface area contributed by atoms with E-state index in [1.807, 2.05) is 35.2 Å². The van der Waals surface area contributed by atoms with Crippen LogP contribution in [0.1, 0.15) is 18.9 Å². The number of benzene rings is 1. The molecule has 0 aliphatic carbocycles. The Morgan fingerprint density at radius 3 is 2.76 bits per heavy atom. The van der Waals surface area contributed by atoms with Gasteiger partial charge in [0, 0.05) is 30.8 Å². The molecule has 9 nitrogen and oxygen atoms in total. The third kappa shape index (κ3) is 4.19. The summed E-state index contributed by atoms with van der Waals surface area (Å²) in [7, 11) is 1.59. The van der Waals surface area contributed by atoms with Crippen molar-refractivity contribution in [1.82, 2.24) is 15.0 Å². The van der Waals surface area contributed by atoms with Gasteiger partial charge in [-0.2, -0.15) is 9.97 Å². The second kappa shape index (κ2) is 9.09. The van der Waals surface area contributed by atoms with Gasteiger partial charge >= 0.3 is 0 Å². The number of hydrogen-bond donors (Lipinski definition) is 2. The predicted octanol–water partition coefficient (Wildman–Crippen LogP) is 1.99. The number of pyridine rings is 1. The van der Waals surface area contributed by atoms with E-state index >= 15 is 0 Å². The molecule has 0 saturated carbocycles. The fourth-order valence-electron chi connectivity index (χ4n) is 4.53. The molecule has 0 bridgehead atoms. The number of aromatic nitrogens is 3. The van der Waals surface area contributed by atoms with Crippen LogP contribution in [0, 0.1) is 0 Å². The largest absolute Gasteiger partial charge is 0.496 e. The fourth-order valence-corrected chi connectivity index (χ4v) is 4.53. The smallest absolute Gasteiger partial charge is 0.229 e. The lowest BCUT2D eigenvalue weighted by Crippen LogP contribution is -2.44. The Bertz CT molecular complexity index is 1160. The first-order valence-corrected chi connectivity index (χ1v) is 11.3. The van der Waals surface area contributed by atoms with Crippen LogP contribution in [-0.2, 0) is 11.3 Å². The van der Waals surface area contributed by atoms with Crippen molar-refractivity contribution >= 4 is 22.8 Å². The van der Waals surface area contributed by atoms with Gasteiger partial charge in [0.05, 0.1) is 50.2 Å². The molecule has 9 heteroatoms. The van der Waals surface area contributed by atoms with E-state index in [9.17, 15) is 10.2 Å². The SMILES string of the molecule is COc1ccc(-c2ccc3c(N4CCOC[C@@H]4C)nc(N4CC[C@@H](O)C4)nc3n2)cc1CO. The number of nitrogens with zero attached hydrogens (tertiary/aromatic N) is 5. The predicted molar refractivity (Wildman–Crippen MR) is 126 cm³/mol. The number of β-amino-alcohol motifs (C(OH)–C–C–N with tert-alkyl or cyclic N) is 1. The molecular weight excluding hydrogens is 422 g/mol. The summed E-state index contributed by atoms with van der Waals surface area (Å²) in [5, 5.41) is 20.6. The van der Waals surface area contributed by atoms with Crippen molar-refractivity contribution in [3.05, 3.63) is 35.9 Å². The molecule has 33 heavy (non-hydrogen) atoms. The van der Waals surface area contributed by atoms with Crippen molar-refractivity contribution in [1.29, 1.82) is 0 Å². The van der Waals surface area contributed by atoms with E-state index in [0.717, 1.165) is 29.0 Å². The first-order valence-electron chi connectivity index (χ1n) is 11.3. The molecule has 2 N–H and O–H groups in total. The van der Waals surface area contributed by atoms with Crippen molar-refractivity contribution in [2.75, 3.05) is 49.8 Å². The number of fused-ring (bicyclic) bond motifs is 1. The molecule has 2 fully saturated rings. The second-order valence-corrected chi connectivity index (χ2v) is 8.61. The second-order valence-electron chi connectivity index (χ2n) is 8.61. The molecule has 0 amide bonds. The Hall–Kier alpha value is -3.01. The molecule has 5 rings (SSSR count). The molecular formula is C24H29N5O4. The highest BCUT2D eigenvalue weighted by Gasteiger charge is 2.27. The summed E-state index contributed by atoms with van der Waals surface area (Å²) in [5.41, 5.74) is 2.94. The van der Waals surface area contributed by atoms with Gasteiger partial charge in [-0.1, -0.05) is 0 Å². The summed E-state index contributed by atoms with van der Waals surface area (Å²) in [6, 6.07) is 9.81. The number of anilines is 2. The molecule has 2 aliphatic heterocycles. The highest BCUT2D eigenvalue weighted by molar-refractivity contribution is 5.90. The summed E-state index contributed by atoms with van der Waals surface area (Å²) in [6.07, 6.45) is 0.332. The van der Waals surface area contributed by atoms with Crippen LogP contribution in [0.3, 0.4) is 0 Å². The lowest BCUT2D eigenvalue weighted by molar-refractivity contribution is 0.0987. The van der Waals surface area contributed by atoms with Crippen LogP contribution in [0.4, 0.5) is 11.8 Å². The summed E-state index contributed by atoms with van der Waals surface area (Å²) < 4.78 is 11.0. The number of methoxy groups -OCH3 is 1. The zero-order chi connectivity index (χ0) is 22.9. The van der Waals surface area contributed by atoms with Gasteiger partial charge in [0.2, 0.25) is 5.95 Å². The van der Waals surface area contributed by atoms with Gasteiger partial charge in [-0.15, -0.1) is 0 Å². The number of rotatable bonds is 5. The van der Waals surface area contributed by atoms with Crippen molar-refractivity contribution in [3.8, 4) is 17.0 Å². The third-order valence-electron chi connectivity index (χ3n) is 6.36. The van der Waals surface area contributed by atoms with Crippen LogP contribution in [0.5, 0.6) is 5.75 Å². The minimum atomic E-state index is -0.370. The van der Waals surface area contributed by atoms with Gasteiger partial charge in [0.1, 0.15) is 11.6 Å². The van der Waals surface area contributed by atoms with Crippen LogP contribution in [0.25, 0.3) is 22.3 Å². The summed E-state index contributed by atoms with van der Waals surface area (Å²) in [6.45, 7) is 5.27. The molecule has 0 unspecified atom stereocenters. The molecule has 3 aromatic rings. The number of morpholine rings is 1. The summed E-state index contributed by atoms with van der Waals surface area (Å²) in [5.74, 6) is 2.07. The standard InChI is InChI=1S/C24H29N5O4/c1-15-14-33-10-9-29(15)23-19-4-5-20(16-3-6-21(32-2)17(11-16)13-30)25-22(19)26-24(27-23)28-8-7-18(31)12-28/h3-6,11,15,18,30-31H,7-10,12-14H2,1-2H3/t15-,18+/m0/s1. The maximum Gasteiger partial charge on any atom is 0.229 e. The van der Waals surface area contributed by atoms with E-state index in [2.05, 4.69) is 11.8 Å². The monoisotopic (exact) mass is 451 g/mol. The van der Waals surface area contributed by atoms with Gasteiger partial charge in [-0.25, -0.2) is 4.98 Å². The average Bonchev–Trinajstić information content (AvgIpc) is 3.29. The van der Waals surface area contributed by atoms with Crippen LogP contribution in [-0.4, -0.2) is 77.3 Å². The quantitative estimate of drug-likeness (QED) is 0.603. The number of ether oxygens (including phenoxy) is 2. The van der Waals surface area contributed by atoms with E-state index in [-0.39, 0.29) is 18.8 Å². The van der Waals surface area contributed by atoms with E-state index in [1.54, 1.807) is 7.11 Å². The van der Waals surface area contributed by atoms with Gasteiger partial charge in [-0.3, -0.25) is 0 Å². The van der Waals surface area contributed by atoms with E-state index in [1.165, 1.54) is 0 Å². The van der Waals surface area contributed by atoms with E-state index < -0.39 is 0 Å². The fraction of sp³-hybridized carbons (Fsp3) is 0.458. The van der Waals surface area contributed by atoms with E-state index in [4.69, 9.17) is 24.4 Å². The van der Waals surface area contributed by atoms with Gasteiger partial charge in [0.15, 0.2) is 5.65 Å². The molecule has 0 spiro atoms. The molecule has 174 valence electrons. The lowest BCUT2D eigenvalue weighted by Gasteiger charge is -2.35. The van der Waals surface area contributed by atoms with Crippen LogP contribution < -0.4 is 14.5 Å². The molecule has 2 aliphatic rings. The van der Waals surface area contributed by atoms with Gasteiger partial charge in [-0.05, 0) is 43.7 Å². The maximum absolute atomic E-state index is 10.0. The highest BCUT2D eigenvalue weighted by atomic mass is 16.5. The van der Waals surface area contributed by atoms with Crippen LogP contribution >= 0.6 is 0 Å². The Kier molecular flexibility index (Phi) is 6.01.